The SMILES string of the molecule is NC1COCC1CN1CCCC2CCCCC21. The normalized spacial score (nSPS) is 43.6. The van der Waals surface area contributed by atoms with Crippen molar-refractivity contribution < 1.29 is 4.74 Å². The van der Waals surface area contributed by atoms with Gasteiger partial charge in [0.2, 0.25) is 0 Å². The molecule has 3 fully saturated rings. The minimum absolute atomic E-state index is 0.277. The predicted octanol–water partition coefficient (Wildman–Crippen LogP) is 1.61. The molecule has 17 heavy (non-hydrogen) atoms. The van der Waals surface area contributed by atoms with E-state index in [-0.39, 0.29) is 6.04 Å². The van der Waals surface area contributed by atoms with Crippen LogP contribution in [0.2, 0.25) is 0 Å². The van der Waals surface area contributed by atoms with E-state index in [1.807, 2.05) is 0 Å². The summed E-state index contributed by atoms with van der Waals surface area (Å²) in [5.41, 5.74) is 6.11. The fraction of sp³-hybridized carbons (Fsp3) is 1.00. The topological polar surface area (TPSA) is 38.5 Å². The van der Waals surface area contributed by atoms with E-state index in [4.69, 9.17) is 10.5 Å². The van der Waals surface area contributed by atoms with Gasteiger partial charge in [-0.1, -0.05) is 12.8 Å². The Morgan fingerprint density at radius 1 is 1.06 bits per heavy atom. The summed E-state index contributed by atoms with van der Waals surface area (Å²) in [7, 11) is 0. The van der Waals surface area contributed by atoms with Crippen LogP contribution in [-0.2, 0) is 4.74 Å². The van der Waals surface area contributed by atoms with Crippen molar-refractivity contribution in [1.82, 2.24) is 4.90 Å². The lowest BCUT2D eigenvalue weighted by Gasteiger charge is -2.45. The molecule has 3 aliphatic rings. The number of nitrogens with zero attached hydrogens (tertiary/aromatic N) is 1. The van der Waals surface area contributed by atoms with Crippen molar-refractivity contribution in [2.24, 2.45) is 17.6 Å². The van der Waals surface area contributed by atoms with Gasteiger partial charge in [-0.2, -0.15) is 0 Å². The molecular formula is C14H26N2O. The second kappa shape index (κ2) is 5.25. The van der Waals surface area contributed by atoms with Gasteiger partial charge < -0.3 is 10.5 Å². The van der Waals surface area contributed by atoms with Gasteiger partial charge in [-0.05, 0) is 38.1 Å². The van der Waals surface area contributed by atoms with Gasteiger partial charge in [-0.3, -0.25) is 4.90 Å². The summed E-state index contributed by atoms with van der Waals surface area (Å²) >= 11 is 0. The molecular weight excluding hydrogens is 212 g/mol. The Bertz CT molecular complexity index is 257. The number of rotatable bonds is 2. The molecule has 0 radical (unpaired) electrons. The number of ether oxygens (including phenoxy) is 1. The maximum absolute atomic E-state index is 6.11. The molecule has 2 heterocycles. The number of piperidine rings is 1. The third kappa shape index (κ3) is 2.51. The van der Waals surface area contributed by atoms with Gasteiger partial charge in [0.05, 0.1) is 13.2 Å². The van der Waals surface area contributed by atoms with Gasteiger partial charge >= 0.3 is 0 Å². The molecule has 0 bridgehead atoms. The number of fused-ring (bicyclic) bond motifs is 1. The summed E-state index contributed by atoms with van der Waals surface area (Å²) in [6.07, 6.45) is 8.65. The average molecular weight is 238 g/mol. The summed E-state index contributed by atoms with van der Waals surface area (Å²) in [5, 5.41) is 0. The van der Waals surface area contributed by atoms with Crippen LogP contribution >= 0.6 is 0 Å². The molecule has 0 spiro atoms. The van der Waals surface area contributed by atoms with Crippen molar-refractivity contribution in [1.29, 1.82) is 0 Å². The molecule has 4 atom stereocenters. The molecule has 2 N–H and O–H groups in total. The Balaban J connectivity index is 1.61. The zero-order chi connectivity index (χ0) is 11.7. The van der Waals surface area contributed by atoms with Gasteiger partial charge in [-0.15, -0.1) is 0 Å². The fourth-order valence-corrected chi connectivity index (χ4v) is 4.06. The highest BCUT2D eigenvalue weighted by atomic mass is 16.5. The van der Waals surface area contributed by atoms with E-state index >= 15 is 0 Å². The Labute approximate surface area is 105 Å². The molecule has 3 rings (SSSR count). The summed E-state index contributed by atoms with van der Waals surface area (Å²) in [6.45, 7) is 4.13. The maximum Gasteiger partial charge on any atom is 0.0621 e. The Morgan fingerprint density at radius 3 is 2.71 bits per heavy atom. The number of hydrogen-bond donors (Lipinski definition) is 1. The molecule has 3 heteroatoms. The summed E-state index contributed by atoms with van der Waals surface area (Å²) in [6, 6.07) is 1.14. The predicted molar refractivity (Wildman–Crippen MR) is 68.8 cm³/mol. The Kier molecular flexibility index (Phi) is 3.69. The minimum atomic E-state index is 0.277. The van der Waals surface area contributed by atoms with E-state index in [2.05, 4.69) is 4.90 Å². The molecule has 3 nitrogen and oxygen atoms in total. The van der Waals surface area contributed by atoms with Crippen LogP contribution in [0.5, 0.6) is 0 Å². The zero-order valence-corrected chi connectivity index (χ0v) is 10.8. The van der Waals surface area contributed by atoms with Crippen molar-refractivity contribution >= 4 is 0 Å². The molecule has 0 amide bonds. The van der Waals surface area contributed by atoms with E-state index < -0.39 is 0 Å². The highest BCUT2D eigenvalue weighted by Gasteiger charge is 2.36. The third-order valence-electron chi connectivity index (χ3n) is 5.07. The van der Waals surface area contributed by atoms with Gasteiger partial charge in [-0.25, -0.2) is 0 Å². The largest absolute Gasteiger partial charge is 0.379 e. The monoisotopic (exact) mass is 238 g/mol. The molecule has 2 saturated heterocycles. The second-order valence-corrected chi connectivity index (χ2v) is 6.21. The quantitative estimate of drug-likeness (QED) is 0.794. The number of hydrogen-bond acceptors (Lipinski definition) is 3. The zero-order valence-electron chi connectivity index (χ0n) is 10.8. The molecule has 0 aromatic heterocycles. The smallest absolute Gasteiger partial charge is 0.0621 e. The van der Waals surface area contributed by atoms with Gasteiger partial charge in [0.25, 0.3) is 0 Å². The molecule has 1 saturated carbocycles. The van der Waals surface area contributed by atoms with Crippen LogP contribution in [0.4, 0.5) is 0 Å². The van der Waals surface area contributed by atoms with Crippen molar-refractivity contribution in [3.8, 4) is 0 Å². The van der Waals surface area contributed by atoms with Crippen molar-refractivity contribution in [3.63, 3.8) is 0 Å². The number of likely N-dealkylation sites (tertiary alicyclic amines) is 1. The van der Waals surface area contributed by atoms with Gasteiger partial charge in [0, 0.05) is 24.5 Å². The standard InChI is InChI=1S/C14H26N2O/c15-13-10-17-9-12(13)8-16-7-3-5-11-4-1-2-6-14(11)16/h11-14H,1-10,15H2. The lowest BCUT2D eigenvalue weighted by molar-refractivity contribution is 0.0448. The van der Waals surface area contributed by atoms with Crippen LogP contribution in [0, 0.1) is 11.8 Å². The molecule has 2 aliphatic heterocycles. The van der Waals surface area contributed by atoms with E-state index in [1.165, 1.54) is 51.6 Å². The van der Waals surface area contributed by atoms with Crippen LogP contribution < -0.4 is 5.73 Å². The number of nitrogens with two attached hydrogens (primary N) is 1. The van der Waals surface area contributed by atoms with E-state index in [0.29, 0.717) is 5.92 Å². The molecule has 1 aliphatic carbocycles. The third-order valence-corrected chi connectivity index (χ3v) is 5.07. The Morgan fingerprint density at radius 2 is 1.88 bits per heavy atom. The lowest BCUT2D eigenvalue weighted by atomic mass is 9.78. The second-order valence-electron chi connectivity index (χ2n) is 6.21. The van der Waals surface area contributed by atoms with E-state index in [0.717, 1.165) is 25.2 Å². The lowest BCUT2D eigenvalue weighted by Crippen LogP contribution is -2.50. The first-order valence-corrected chi connectivity index (χ1v) is 7.42. The molecule has 0 aromatic rings. The average Bonchev–Trinajstić information content (AvgIpc) is 2.76. The van der Waals surface area contributed by atoms with Gasteiger partial charge in [0.15, 0.2) is 0 Å². The van der Waals surface area contributed by atoms with Crippen LogP contribution in [0.25, 0.3) is 0 Å². The fourth-order valence-electron chi connectivity index (χ4n) is 4.06. The van der Waals surface area contributed by atoms with Crippen LogP contribution in [0.15, 0.2) is 0 Å². The van der Waals surface area contributed by atoms with Crippen LogP contribution in [-0.4, -0.2) is 43.3 Å². The Hall–Kier alpha value is -0.120. The molecule has 0 aromatic carbocycles. The first-order chi connectivity index (χ1) is 8.34. The van der Waals surface area contributed by atoms with Crippen LogP contribution in [0.3, 0.4) is 0 Å². The van der Waals surface area contributed by atoms with Crippen molar-refractivity contribution in [2.75, 3.05) is 26.3 Å². The highest BCUT2D eigenvalue weighted by molar-refractivity contribution is 4.90. The summed E-state index contributed by atoms with van der Waals surface area (Å²) in [4.78, 5) is 2.74. The van der Waals surface area contributed by atoms with Crippen molar-refractivity contribution in [3.05, 3.63) is 0 Å². The van der Waals surface area contributed by atoms with Gasteiger partial charge in [0.1, 0.15) is 0 Å². The van der Waals surface area contributed by atoms with E-state index in [9.17, 15) is 0 Å². The minimum Gasteiger partial charge on any atom is -0.379 e. The molecule has 98 valence electrons. The summed E-state index contributed by atoms with van der Waals surface area (Å²) in [5.74, 6) is 1.56. The van der Waals surface area contributed by atoms with Crippen molar-refractivity contribution in [2.45, 2.75) is 50.6 Å². The first kappa shape index (κ1) is 11.9. The first-order valence-electron chi connectivity index (χ1n) is 7.42. The highest BCUT2D eigenvalue weighted by Crippen LogP contribution is 2.35. The van der Waals surface area contributed by atoms with Crippen LogP contribution in [0.1, 0.15) is 38.5 Å². The van der Waals surface area contributed by atoms with E-state index in [1.54, 1.807) is 0 Å². The molecule has 4 unspecified atom stereocenters. The summed E-state index contributed by atoms with van der Waals surface area (Å²) < 4.78 is 5.50. The maximum atomic E-state index is 6.11.